The van der Waals surface area contributed by atoms with Crippen molar-refractivity contribution in [2.45, 2.75) is 75.3 Å². The van der Waals surface area contributed by atoms with Crippen LogP contribution in [-0.2, 0) is 18.7 Å². The van der Waals surface area contributed by atoms with Crippen molar-refractivity contribution in [2.75, 3.05) is 6.61 Å². The Morgan fingerprint density at radius 1 is 1.45 bits per heavy atom. The maximum Gasteiger partial charge on any atom is 0.355 e. The lowest BCUT2D eigenvalue weighted by atomic mass is 10.1. The van der Waals surface area contributed by atoms with Crippen LogP contribution in [0.1, 0.15) is 34.6 Å². The molecule has 0 aromatic heterocycles. The standard InChI is InChI=1S/C14H26BrFO5Si/c1-12(2,3)22(6,7)21-10(14(15,16)11(17)18)9-8-19-13(4,5)20-9/h9-10H,8H2,1-7H3,(H,17,18)/t9-,10?,14-/m1/s1. The first-order valence-electron chi connectivity index (χ1n) is 7.21. The first kappa shape index (κ1) is 20.0. The smallest absolute Gasteiger partial charge is 0.355 e. The minimum Gasteiger partial charge on any atom is -0.478 e. The zero-order chi connectivity index (χ0) is 17.6. The molecule has 0 radical (unpaired) electrons. The summed E-state index contributed by atoms with van der Waals surface area (Å²) < 4.78 is 29.2. The fourth-order valence-corrected chi connectivity index (χ4v) is 3.73. The first-order chi connectivity index (χ1) is 9.60. The fourth-order valence-electron chi connectivity index (χ4n) is 1.86. The lowest BCUT2D eigenvalue weighted by Crippen LogP contribution is -2.56. The van der Waals surface area contributed by atoms with Gasteiger partial charge in [0.15, 0.2) is 14.1 Å². The maximum absolute atomic E-state index is 14.8. The molecular weight excluding hydrogens is 375 g/mol. The number of ether oxygens (including phenoxy) is 2. The van der Waals surface area contributed by atoms with Gasteiger partial charge in [-0.15, -0.1) is 0 Å². The average Bonchev–Trinajstić information content (AvgIpc) is 2.64. The number of aliphatic carboxylic acids is 1. The van der Waals surface area contributed by atoms with Crippen LogP contribution < -0.4 is 0 Å². The topological polar surface area (TPSA) is 65.0 Å². The average molecular weight is 401 g/mol. The van der Waals surface area contributed by atoms with Crippen molar-refractivity contribution in [3.63, 3.8) is 0 Å². The van der Waals surface area contributed by atoms with Crippen molar-refractivity contribution in [2.24, 2.45) is 0 Å². The quantitative estimate of drug-likeness (QED) is 0.563. The molecule has 22 heavy (non-hydrogen) atoms. The van der Waals surface area contributed by atoms with E-state index in [1.165, 1.54) is 0 Å². The minimum atomic E-state index is -2.74. The number of carboxylic acids is 1. The van der Waals surface area contributed by atoms with Gasteiger partial charge in [-0.05, 0) is 47.9 Å². The molecule has 0 spiro atoms. The third-order valence-corrected chi connectivity index (χ3v) is 9.48. The van der Waals surface area contributed by atoms with E-state index in [2.05, 4.69) is 15.9 Å². The molecule has 5 nitrogen and oxygen atoms in total. The van der Waals surface area contributed by atoms with Crippen LogP contribution in [0.25, 0.3) is 0 Å². The van der Waals surface area contributed by atoms with E-state index in [0.29, 0.717) is 0 Å². The van der Waals surface area contributed by atoms with Crippen LogP contribution in [0.3, 0.4) is 0 Å². The molecule has 1 aliphatic rings. The van der Waals surface area contributed by atoms with Crippen molar-refractivity contribution >= 4 is 30.2 Å². The lowest BCUT2D eigenvalue weighted by molar-refractivity contribution is -0.168. The third kappa shape index (κ3) is 4.28. The zero-order valence-corrected chi connectivity index (χ0v) is 16.8. The van der Waals surface area contributed by atoms with Gasteiger partial charge in [0.2, 0.25) is 0 Å². The highest BCUT2D eigenvalue weighted by Crippen LogP contribution is 2.43. The molecule has 130 valence electrons. The van der Waals surface area contributed by atoms with Crippen molar-refractivity contribution in [3.8, 4) is 0 Å². The Bertz CT molecular complexity index is 433. The molecule has 8 heteroatoms. The van der Waals surface area contributed by atoms with Crippen molar-refractivity contribution in [1.82, 2.24) is 0 Å². The summed E-state index contributed by atoms with van der Waals surface area (Å²) in [7, 11) is -2.41. The van der Waals surface area contributed by atoms with Gasteiger partial charge in [-0.25, -0.2) is 9.18 Å². The Morgan fingerprint density at radius 2 is 1.95 bits per heavy atom. The molecule has 1 aliphatic heterocycles. The summed E-state index contributed by atoms with van der Waals surface area (Å²) in [5, 5.41) is 9.03. The molecule has 1 N–H and O–H groups in total. The van der Waals surface area contributed by atoms with E-state index in [1.54, 1.807) is 13.8 Å². The monoisotopic (exact) mass is 400 g/mol. The number of halogens is 2. The number of rotatable bonds is 5. The molecule has 1 saturated heterocycles. The van der Waals surface area contributed by atoms with E-state index in [9.17, 15) is 14.3 Å². The number of hydrogen-bond donors (Lipinski definition) is 1. The van der Waals surface area contributed by atoms with Gasteiger partial charge < -0.3 is 19.0 Å². The molecule has 0 saturated carbocycles. The highest BCUT2D eigenvalue weighted by atomic mass is 79.9. The summed E-state index contributed by atoms with van der Waals surface area (Å²) in [6.45, 7) is 13.4. The van der Waals surface area contributed by atoms with Crippen LogP contribution in [0.4, 0.5) is 4.39 Å². The summed E-state index contributed by atoms with van der Waals surface area (Å²) >= 11 is 2.68. The van der Waals surface area contributed by atoms with Gasteiger partial charge in [0.05, 0.1) is 6.61 Å². The second kappa shape index (κ2) is 6.12. The predicted molar refractivity (Wildman–Crippen MR) is 87.4 cm³/mol. The largest absolute Gasteiger partial charge is 0.478 e. The Kier molecular flexibility index (Phi) is 5.57. The highest BCUT2D eigenvalue weighted by Gasteiger charge is 2.56. The second-order valence-corrected chi connectivity index (χ2v) is 13.5. The first-order valence-corrected chi connectivity index (χ1v) is 10.9. The molecule has 1 rings (SSSR count). The summed E-state index contributed by atoms with van der Waals surface area (Å²) in [6, 6.07) is 0. The van der Waals surface area contributed by atoms with Gasteiger partial charge >= 0.3 is 5.97 Å². The summed E-state index contributed by atoms with van der Waals surface area (Å²) in [4.78, 5) is 11.3. The molecule has 0 aromatic rings. The van der Waals surface area contributed by atoms with Gasteiger partial charge in [-0.2, -0.15) is 0 Å². The van der Waals surface area contributed by atoms with E-state index in [1.807, 2.05) is 33.9 Å². The molecule has 3 atom stereocenters. The van der Waals surface area contributed by atoms with Crippen LogP contribution >= 0.6 is 15.9 Å². The van der Waals surface area contributed by atoms with E-state index < -0.39 is 36.9 Å². The van der Waals surface area contributed by atoms with Crippen molar-refractivity contribution < 1.29 is 28.2 Å². The normalized spacial score (nSPS) is 26.5. The number of alkyl halides is 2. The lowest BCUT2D eigenvalue weighted by Gasteiger charge is -2.42. The molecule has 0 aliphatic carbocycles. The van der Waals surface area contributed by atoms with E-state index in [4.69, 9.17) is 13.9 Å². The number of hydrogen-bond acceptors (Lipinski definition) is 4. The van der Waals surface area contributed by atoms with Crippen molar-refractivity contribution in [3.05, 3.63) is 0 Å². The van der Waals surface area contributed by atoms with Gasteiger partial charge in [-0.3, -0.25) is 0 Å². The van der Waals surface area contributed by atoms with Crippen molar-refractivity contribution in [1.29, 1.82) is 0 Å². The Morgan fingerprint density at radius 3 is 2.27 bits per heavy atom. The van der Waals surface area contributed by atoms with Crippen LogP contribution in [0.2, 0.25) is 18.1 Å². The molecule has 0 amide bonds. The van der Waals surface area contributed by atoms with Crippen LogP contribution in [0.5, 0.6) is 0 Å². The van der Waals surface area contributed by atoms with Gasteiger partial charge in [0.25, 0.3) is 4.58 Å². The summed E-state index contributed by atoms with van der Waals surface area (Å²) in [5.41, 5.74) is 0. The third-order valence-electron chi connectivity index (χ3n) is 4.24. The number of carbonyl (C=O) groups is 1. The van der Waals surface area contributed by atoms with E-state index >= 15 is 0 Å². The Hall–Kier alpha value is -0.0231. The van der Waals surface area contributed by atoms with Gasteiger partial charge in [0, 0.05) is 0 Å². The summed E-state index contributed by atoms with van der Waals surface area (Å²) in [6.07, 6.45) is -2.10. The fraction of sp³-hybridized carbons (Fsp3) is 0.929. The maximum atomic E-state index is 14.8. The van der Waals surface area contributed by atoms with Crippen LogP contribution in [0.15, 0.2) is 0 Å². The minimum absolute atomic E-state index is 0.0802. The molecule has 0 aromatic carbocycles. The van der Waals surface area contributed by atoms with Gasteiger partial charge in [0.1, 0.15) is 12.2 Å². The Balaban J connectivity index is 3.12. The summed E-state index contributed by atoms with van der Waals surface area (Å²) in [5.74, 6) is -2.52. The van der Waals surface area contributed by atoms with Crippen LogP contribution in [0, 0.1) is 0 Å². The highest BCUT2D eigenvalue weighted by molar-refractivity contribution is 9.10. The molecule has 1 heterocycles. The van der Waals surface area contributed by atoms with Crippen LogP contribution in [-0.4, -0.2) is 48.6 Å². The second-order valence-electron chi connectivity index (χ2n) is 7.59. The Labute approximate surface area is 140 Å². The van der Waals surface area contributed by atoms with E-state index in [-0.39, 0.29) is 11.6 Å². The molecule has 1 unspecified atom stereocenters. The molecular formula is C14H26BrFO5Si. The van der Waals surface area contributed by atoms with Gasteiger partial charge in [-0.1, -0.05) is 20.8 Å². The predicted octanol–water partition coefficient (Wildman–Crippen LogP) is 3.67. The SMILES string of the molecule is CC1(C)OC[C@H](C(O[Si](C)(C)C(C)(C)C)[C@](F)(Br)C(=O)O)O1. The zero-order valence-electron chi connectivity index (χ0n) is 14.2. The van der Waals surface area contributed by atoms with E-state index in [0.717, 1.165) is 0 Å². The molecule has 1 fully saturated rings. The molecule has 0 bridgehead atoms. The number of carboxylic acid groups (broad SMARTS) is 1.